The molecule has 0 aromatic carbocycles. The van der Waals surface area contributed by atoms with Crippen molar-refractivity contribution in [3.05, 3.63) is 12.2 Å². The average molecular weight is 226 g/mol. The fraction of sp³-hybridized carbons (Fsp3) is 0.846. The van der Waals surface area contributed by atoms with E-state index >= 15 is 0 Å². The lowest BCUT2D eigenvalue weighted by Gasteiger charge is -2.41. The summed E-state index contributed by atoms with van der Waals surface area (Å²) in [5.41, 5.74) is 1.24. The first-order valence-electron chi connectivity index (χ1n) is 6.31. The molecule has 1 rings (SSSR count). The van der Waals surface area contributed by atoms with Crippen molar-refractivity contribution in [2.45, 2.75) is 39.3 Å². The van der Waals surface area contributed by atoms with Crippen molar-refractivity contribution < 1.29 is 5.11 Å². The number of hydrogen-bond acceptors (Lipinski definition) is 3. The summed E-state index contributed by atoms with van der Waals surface area (Å²) in [6.07, 6.45) is 0.932. The van der Waals surface area contributed by atoms with E-state index in [4.69, 9.17) is 0 Å². The highest BCUT2D eigenvalue weighted by Gasteiger charge is 2.25. The maximum atomic E-state index is 9.46. The molecule has 0 aliphatic carbocycles. The number of β-amino-alcohol motifs (C(OH)–C–C–N with tert-alkyl or cyclic N) is 1. The van der Waals surface area contributed by atoms with Crippen molar-refractivity contribution in [3.8, 4) is 0 Å². The lowest BCUT2D eigenvalue weighted by atomic mass is 10.1. The molecule has 0 saturated carbocycles. The van der Waals surface area contributed by atoms with Crippen LogP contribution in [0.25, 0.3) is 0 Å². The summed E-state index contributed by atoms with van der Waals surface area (Å²) in [6.45, 7) is 15.2. The van der Waals surface area contributed by atoms with E-state index in [1.165, 1.54) is 5.57 Å². The van der Waals surface area contributed by atoms with E-state index in [1.807, 2.05) is 6.92 Å². The Kier molecular flexibility index (Phi) is 5.46. The molecule has 94 valence electrons. The molecular formula is C13H26N2O. The van der Waals surface area contributed by atoms with Gasteiger partial charge in [-0.05, 0) is 20.3 Å². The Hall–Kier alpha value is -0.380. The number of rotatable bonds is 5. The van der Waals surface area contributed by atoms with E-state index in [1.54, 1.807) is 0 Å². The fourth-order valence-electron chi connectivity index (χ4n) is 2.45. The Morgan fingerprint density at radius 3 is 2.69 bits per heavy atom. The van der Waals surface area contributed by atoms with Crippen LogP contribution in [0.5, 0.6) is 0 Å². The normalized spacial score (nSPS) is 25.6. The van der Waals surface area contributed by atoms with Gasteiger partial charge in [0, 0.05) is 38.8 Å². The van der Waals surface area contributed by atoms with Gasteiger partial charge in [0.2, 0.25) is 0 Å². The number of nitrogens with zero attached hydrogens (tertiary/aromatic N) is 2. The number of aliphatic hydroxyl groups excluding tert-OH is 1. The van der Waals surface area contributed by atoms with Crippen LogP contribution in [0.4, 0.5) is 0 Å². The van der Waals surface area contributed by atoms with Crippen LogP contribution in [-0.4, -0.2) is 59.8 Å². The maximum absolute atomic E-state index is 9.46. The Morgan fingerprint density at radius 2 is 2.19 bits per heavy atom. The van der Waals surface area contributed by atoms with Crippen LogP contribution in [0, 0.1) is 0 Å². The lowest BCUT2D eigenvalue weighted by Crippen LogP contribution is -2.54. The molecule has 1 aliphatic heterocycles. The van der Waals surface area contributed by atoms with E-state index in [9.17, 15) is 5.11 Å². The molecule has 1 heterocycles. The van der Waals surface area contributed by atoms with Crippen molar-refractivity contribution in [2.24, 2.45) is 0 Å². The summed E-state index contributed by atoms with van der Waals surface area (Å²) in [7, 11) is 0. The Balaban J connectivity index is 2.46. The zero-order chi connectivity index (χ0) is 12.1. The molecule has 0 spiro atoms. The molecule has 0 unspecified atom stereocenters. The zero-order valence-corrected chi connectivity index (χ0v) is 10.9. The quantitative estimate of drug-likeness (QED) is 0.717. The second kappa shape index (κ2) is 6.38. The van der Waals surface area contributed by atoms with E-state index in [-0.39, 0.29) is 6.10 Å². The second-order valence-electron chi connectivity index (χ2n) is 5.10. The molecule has 3 heteroatoms. The van der Waals surface area contributed by atoms with Crippen molar-refractivity contribution in [1.29, 1.82) is 0 Å². The summed E-state index contributed by atoms with van der Waals surface area (Å²) in [4.78, 5) is 4.88. The third-order valence-corrected chi connectivity index (χ3v) is 3.15. The third-order valence-electron chi connectivity index (χ3n) is 3.15. The SMILES string of the molecule is C=C(C)CN1CCN(C[C@H](C)O)[C@@H](CC)C1. The van der Waals surface area contributed by atoms with Gasteiger partial charge in [-0.2, -0.15) is 0 Å². The summed E-state index contributed by atoms with van der Waals surface area (Å²) in [5.74, 6) is 0. The first-order valence-corrected chi connectivity index (χ1v) is 6.31. The molecule has 0 amide bonds. The van der Waals surface area contributed by atoms with Gasteiger partial charge < -0.3 is 5.11 Å². The van der Waals surface area contributed by atoms with Crippen molar-refractivity contribution in [1.82, 2.24) is 9.80 Å². The molecule has 0 aromatic heterocycles. The standard InChI is InChI=1S/C13H26N2O/c1-5-13-10-14(8-11(2)3)6-7-15(13)9-12(4)16/h12-13,16H,2,5-10H2,1,3-4H3/t12-,13-/m0/s1. The molecule has 0 radical (unpaired) electrons. The Morgan fingerprint density at radius 1 is 1.50 bits per heavy atom. The minimum absolute atomic E-state index is 0.221. The molecule has 1 aliphatic rings. The van der Waals surface area contributed by atoms with E-state index in [2.05, 4.69) is 30.2 Å². The van der Waals surface area contributed by atoms with Crippen LogP contribution in [0.15, 0.2) is 12.2 Å². The van der Waals surface area contributed by atoms with Crippen LogP contribution in [0.2, 0.25) is 0 Å². The number of hydrogen-bond donors (Lipinski definition) is 1. The second-order valence-corrected chi connectivity index (χ2v) is 5.10. The van der Waals surface area contributed by atoms with E-state index < -0.39 is 0 Å². The summed E-state index contributed by atoms with van der Waals surface area (Å²) in [6, 6.07) is 0.586. The van der Waals surface area contributed by atoms with Gasteiger partial charge in [-0.1, -0.05) is 19.1 Å². The monoisotopic (exact) mass is 226 g/mol. The highest BCUT2D eigenvalue weighted by Crippen LogP contribution is 2.14. The molecular weight excluding hydrogens is 200 g/mol. The van der Waals surface area contributed by atoms with Gasteiger partial charge in [0.1, 0.15) is 0 Å². The summed E-state index contributed by atoms with van der Waals surface area (Å²) in [5, 5.41) is 9.46. The first kappa shape index (κ1) is 13.7. The molecule has 0 bridgehead atoms. The van der Waals surface area contributed by atoms with Gasteiger partial charge in [0.15, 0.2) is 0 Å². The number of piperazine rings is 1. The largest absolute Gasteiger partial charge is 0.392 e. The molecule has 1 N–H and O–H groups in total. The molecule has 0 aromatic rings. The minimum Gasteiger partial charge on any atom is -0.392 e. The van der Waals surface area contributed by atoms with Crippen molar-refractivity contribution in [3.63, 3.8) is 0 Å². The van der Waals surface area contributed by atoms with Gasteiger partial charge in [0.05, 0.1) is 6.10 Å². The number of aliphatic hydroxyl groups is 1. The van der Waals surface area contributed by atoms with Crippen molar-refractivity contribution in [2.75, 3.05) is 32.7 Å². The topological polar surface area (TPSA) is 26.7 Å². The zero-order valence-electron chi connectivity index (χ0n) is 10.9. The van der Waals surface area contributed by atoms with Gasteiger partial charge in [0.25, 0.3) is 0 Å². The average Bonchev–Trinajstić information content (AvgIpc) is 2.18. The molecule has 1 fully saturated rings. The minimum atomic E-state index is -0.221. The lowest BCUT2D eigenvalue weighted by molar-refractivity contribution is 0.0400. The Bertz CT molecular complexity index is 228. The predicted molar refractivity (Wildman–Crippen MR) is 68.6 cm³/mol. The van der Waals surface area contributed by atoms with Crippen LogP contribution in [0.1, 0.15) is 27.2 Å². The first-order chi connectivity index (χ1) is 7.52. The summed E-state index contributed by atoms with van der Waals surface area (Å²) >= 11 is 0. The molecule has 16 heavy (non-hydrogen) atoms. The highest BCUT2D eigenvalue weighted by atomic mass is 16.3. The van der Waals surface area contributed by atoms with E-state index in [0.29, 0.717) is 6.04 Å². The fourth-order valence-corrected chi connectivity index (χ4v) is 2.45. The maximum Gasteiger partial charge on any atom is 0.0639 e. The van der Waals surface area contributed by atoms with Crippen molar-refractivity contribution >= 4 is 0 Å². The predicted octanol–water partition coefficient (Wildman–Crippen LogP) is 1.34. The smallest absolute Gasteiger partial charge is 0.0639 e. The third kappa shape index (κ3) is 4.24. The van der Waals surface area contributed by atoms with Gasteiger partial charge in [-0.15, -0.1) is 0 Å². The Labute approximate surface area is 99.7 Å². The van der Waals surface area contributed by atoms with Crippen LogP contribution < -0.4 is 0 Å². The van der Waals surface area contributed by atoms with E-state index in [0.717, 1.165) is 39.1 Å². The van der Waals surface area contributed by atoms with Crippen LogP contribution >= 0.6 is 0 Å². The highest BCUT2D eigenvalue weighted by molar-refractivity contribution is 4.94. The van der Waals surface area contributed by atoms with Gasteiger partial charge in [-0.25, -0.2) is 0 Å². The molecule has 1 saturated heterocycles. The summed E-state index contributed by atoms with van der Waals surface area (Å²) < 4.78 is 0. The van der Waals surface area contributed by atoms with Crippen LogP contribution in [-0.2, 0) is 0 Å². The van der Waals surface area contributed by atoms with Crippen LogP contribution in [0.3, 0.4) is 0 Å². The molecule has 2 atom stereocenters. The van der Waals surface area contributed by atoms with Gasteiger partial charge in [-0.3, -0.25) is 9.80 Å². The van der Waals surface area contributed by atoms with Gasteiger partial charge >= 0.3 is 0 Å². The molecule has 3 nitrogen and oxygen atoms in total.